The second-order valence-corrected chi connectivity index (χ2v) is 7.58. The van der Waals surface area contributed by atoms with Crippen molar-refractivity contribution in [2.45, 2.75) is 30.3 Å². The van der Waals surface area contributed by atoms with Gasteiger partial charge in [-0.05, 0) is 49.9 Å². The molecule has 6 heteroatoms. The van der Waals surface area contributed by atoms with Crippen LogP contribution in [-0.2, 0) is 15.6 Å². The molecule has 1 atom stereocenters. The number of hydrogen-bond acceptors (Lipinski definition) is 4. The zero-order valence-corrected chi connectivity index (χ0v) is 13.1. The third-order valence-electron chi connectivity index (χ3n) is 4.06. The van der Waals surface area contributed by atoms with Gasteiger partial charge in [0.25, 0.3) is 0 Å². The van der Waals surface area contributed by atoms with Gasteiger partial charge in [-0.1, -0.05) is 17.7 Å². The molecule has 0 aliphatic heterocycles. The maximum absolute atomic E-state index is 12.3. The summed E-state index contributed by atoms with van der Waals surface area (Å²) in [4.78, 5) is 0.190. The summed E-state index contributed by atoms with van der Waals surface area (Å²) in [5.74, 6) is 0.431. The zero-order valence-electron chi connectivity index (χ0n) is 12.3. The highest BCUT2D eigenvalue weighted by atomic mass is 32.2. The van der Waals surface area contributed by atoms with Crippen LogP contribution in [0.3, 0.4) is 0 Å². The fourth-order valence-electron chi connectivity index (χ4n) is 2.52. The molecule has 118 valence electrons. The van der Waals surface area contributed by atoms with E-state index in [4.69, 9.17) is 4.42 Å². The first-order valence-corrected chi connectivity index (χ1v) is 8.73. The molecule has 1 aliphatic rings. The zero-order chi connectivity index (χ0) is 15.8. The highest BCUT2D eigenvalue weighted by Gasteiger charge is 2.47. The van der Waals surface area contributed by atoms with E-state index in [2.05, 4.69) is 4.72 Å². The number of aryl methyl sites for hydroxylation is 1. The van der Waals surface area contributed by atoms with Gasteiger partial charge in [0.2, 0.25) is 10.0 Å². The SMILES string of the molecule is Cc1ccc(S(=O)(=O)NCC(O)(c2ccco2)C2CC2)cc1. The van der Waals surface area contributed by atoms with Crippen molar-refractivity contribution in [2.24, 2.45) is 5.92 Å². The average molecular weight is 321 g/mol. The van der Waals surface area contributed by atoms with Crippen LogP contribution in [0.1, 0.15) is 24.2 Å². The monoisotopic (exact) mass is 321 g/mol. The van der Waals surface area contributed by atoms with Crippen molar-refractivity contribution >= 4 is 10.0 Å². The van der Waals surface area contributed by atoms with Gasteiger partial charge >= 0.3 is 0 Å². The Morgan fingerprint density at radius 1 is 1.27 bits per heavy atom. The van der Waals surface area contributed by atoms with Gasteiger partial charge in [0.15, 0.2) is 0 Å². The first-order valence-electron chi connectivity index (χ1n) is 7.24. The van der Waals surface area contributed by atoms with Crippen molar-refractivity contribution in [3.63, 3.8) is 0 Å². The molecule has 2 N–H and O–H groups in total. The fourth-order valence-corrected chi connectivity index (χ4v) is 3.60. The summed E-state index contributed by atoms with van der Waals surface area (Å²) in [6.07, 6.45) is 3.21. The molecule has 22 heavy (non-hydrogen) atoms. The van der Waals surface area contributed by atoms with Gasteiger partial charge < -0.3 is 9.52 Å². The molecule has 1 saturated carbocycles. The third kappa shape index (κ3) is 2.95. The van der Waals surface area contributed by atoms with Crippen LogP contribution in [-0.4, -0.2) is 20.1 Å². The maximum atomic E-state index is 12.3. The Hall–Kier alpha value is -1.63. The molecule has 1 aromatic heterocycles. The number of benzene rings is 1. The summed E-state index contributed by atoms with van der Waals surface area (Å²) in [5, 5.41) is 10.8. The van der Waals surface area contributed by atoms with Crippen molar-refractivity contribution in [2.75, 3.05) is 6.54 Å². The Morgan fingerprint density at radius 3 is 2.50 bits per heavy atom. The molecule has 0 amide bonds. The van der Waals surface area contributed by atoms with Gasteiger partial charge in [0.05, 0.1) is 11.2 Å². The lowest BCUT2D eigenvalue weighted by atomic mass is 9.95. The first kappa shape index (κ1) is 15.3. The molecule has 0 spiro atoms. The summed E-state index contributed by atoms with van der Waals surface area (Å²) in [5.41, 5.74) is -0.301. The van der Waals surface area contributed by atoms with E-state index in [1.54, 1.807) is 36.4 Å². The van der Waals surface area contributed by atoms with Crippen LogP contribution in [0.2, 0.25) is 0 Å². The molecule has 1 aromatic carbocycles. The molecule has 2 aromatic rings. The lowest BCUT2D eigenvalue weighted by Gasteiger charge is -2.26. The third-order valence-corrected chi connectivity index (χ3v) is 5.48. The predicted molar refractivity (Wildman–Crippen MR) is 81.7 cm³/mol. The predicted octanol–water partition coefficient (Wildman–Crippen LogP) is 2.16. The second-order valence-electron chi connectivity index (χ2n) is 5.81. The minimum absolute atomic E-state index is 0.0272. The molecule has 1 heterocycles. The van der Waals surface area contributed by atoms with Crippen molar-refractivity contribution < 1.29 is 17.9 Å². The summed E-state index contributed by atoms with van der Waals surface area (Å²) < 4.78 is 32.5. The Balaban J connectivity index is 1.79. The molecular formula is C16H19NO4S. The number of hydrogen-bond donors (Lipinski definition) is 2. The van der Waals surface area contributed by atoms with Crippen LogP contribution in [0, 0.1) is 12.8 Å². The van der Waals surface area contributed by atoms with Crippen molar-refractivity contribution in [1.29, 1.82) is 0 Å². The second kappa shape index (κ2) is 5.53. The molecule has 1 fully saturated rings. The van der Waals surface area contributed by atoms with E-state index in [9.17, 15) is 13.5 Å². The molecular weight excluding hydrogens is 302 g/mol. The van der Waals surface area contributed by atoms with E-state index in [0.29, 0.717) is 5.76 Å². The number of furan rings is 1. The summed E-state index contributed by atoms with van der Waals surface area (Å²) in [7, 11) is -3.66. The van der Waals surface area contributed by atoms with E-state index in [1.165, 1.54) is 6.26 Å². The number of sulfonamides is 1. The molecule has 1 unspecified atom stereocenters. The van der Waals surface area contributed by atoms with Crippen LogP contribution in [0.5, 0.6) is 0 Å². The van der Waals surface area contributed by atoms with E-state index >= 15 is 0 Å². The molecule has 0 saturated heterocycles. The first-order chi connectivity index (χ1) is 10.4. The number of nitrogens with one attached hydrogen (secondary N) is 1. The fraction of sp³-hybridized carbons (Fsp3) is 0.375. The van der Waals surface area contributed by atoms with Crippen molar-refractivity contribution in [3.05, 3.63) is 54.0 Å². The quantitative estimate of drug-likeness (QED) is 0.854. The van der Waals surface area contributed by atoms with Crippen LogP contribution in [0.15, 0.2) is 52.0 Å². The van der Waals surface area contributed by atoms with Crippen molar-refractivity contribution in [3.8, 4) is 0 Å². The van der Waals surface area contributed by atoms with E-state index in [0.717, 1.165) is 18.4 Å². The van der Waals surface area contributed by atoms with Gasteiger partial charge in [0.1, 0.15) is 11.4 Å². The maximum Gasteiger partial charge on any atom is 0.240 e. The van der Waals surface area contributed by atoms with Gasteiger partial charge in [-0.2, -0.15) is 0 Å². The van der Waals surface area contributed by atoms with E-state index in [-0.39, 0.29) is 17.4 Å². The van der Waals surface area contributed by atoms with Gasteiger partial charge in [-0.15, -0.1) is 0 Å². The van der Waals surface area contributed by atoms with Crippen LogP contribution in [0.4, 0.5) is 0 Å². The molecule has 5 nitrogen and oxygen atoms in total. The van der Waals surface area contributed by atoms with Crippen LogP contribution in [0.25, 0.3) is 0 Å². The molecule has 1 aliphatic carbocycles. The molecule has 3 rings (SSSR count). The number of aliphatic hydroxyl groups is 1. The molecule has 0 radical (unpaired) electrons. The number of rotatable bonds is 6. The smallest absolute Gasteiger partial charge is 0.240 e. The highest BCUT2D eigenvalue weighted by Crippen LogP contribution is 2.45. The topological polar surface area (TPSA) is 79.5 Å². The van der Waals surface area contributed by atoms with Crippen LogP contribution < -0.4 is 4.72 Å². The Bertz CT molecular complexity index is 733. The minimum atomic E-state index is -3.66. The Morgan fingerprint density at radius 2 is 1.95 bits per heavy atom. The minimum Gasteiger partial charge on any atom is -0.466 e. The summed E-state index contributed by atoms with van der Waals surface area (Å²) in [6.45, 7) is 1.80. The highest BCUT2D eigenvalue weighted by molar-refractivity contribution is 7.89. The lowest BCUT2D eigenvalue weighted by Crippen LogP contribution is -2.42. The van der Waals surface area contributed by atoms with E-state index in [1.807, 2.05) is 6.92 Å². The van der Waals surface area contributed by atoms with Gasteiger partial charge in [-0.25, -0.2) is 13.1 Å². The Labute approximate surface area is 130 Å². The van der Waals surface area contributed by atoms with E-state index < -0.39 is 15.6 Å². The summed E-state index contributed by atoms with van der Waals surface area (Å²) >= 11 is 0. The van der Waals surface area contributed by atoms with Crippen molar-refractivity contribution in [1.82, 2.24) is 4.72 Å². The largest absolute Gasteiger partial charge is 0.466 e. The average Bonchev–Trinajstić information content (AvgIpc) is 3.21. The lowest BCUT2D eigenvalue weighted by molar-refractivity contribution is -0.00224. The van der Waals surface area contributed by atoms with Crippen LogP contribution >= 0.6 is 0 Å². The molecule has 0 bridgehead atoms. The Kier molecular flexibility index (Phi) is 3.84. The van der Waals surface area contributed by atoms with Gasteiger partial charge in [0, 0.05) is 6.54 Å². The standard InChI is InChI=1S/C16H19NO4S/c1-12-4-8-14(9-5-12)22(19,20)17-11-16(18,13-6-7-13)15-3-2-10-21-15/h2-5,8-10,13,17-18H,6-7,11H2,1H3. The summed E-state index contributed by atoms with van der Waals surface area (Å²) in [6, 6.07) is 9.97. The van der Waals surface area contributed by atoms with Gasteiger partial charge in [-0.3, -0.25) is 0 Å². The normalized spacial score (nSPS) is 18.1.